The number of methoxy groups -OCH3 is 1. The number of nitrogens with one attached hydrogen (secondary N) is 1. The van der Waals surface area contributed by atoms with Gasteiger partial charge in [-0.25, -0.2) is 13.4 Å². The number of pyridine rings is 2. The van der Waals surface area contributed by atoms with E-state index >= 15 is 0 Å². The summed E-state index contributed by atoms with van der Waals surface area (Å²) in [6, 6.07) is 10.4. The Morgan fingerprint density at radius 1 is 1.09 bits per heavy atom. The van der Waals surface area contributed by atoms with Crippen LogP contribution in [-0.2, 0) is 10.9 Å². The van der Waals surface area contributed by atoms with Gasteiger partial charge in [-0.15, -0.1) is 0 Å². The summed E-state index contributed by atoms with van der Waals surface area (Å²) in [7, 11) is -1.12. The second kappa shape index (κ2) is 6.49. The van der Waals surface area contributed by atoms with Crippen molar-refractivity contribution < 1.29 is 17.9 Å². The van der Waals surface area contributed by atoms with Crippen LogP contribution in [-0.4, -0.2) is 25.5 Å². The van der Waals surface area contributed by atoms with Crippen LogP contribution >= 0.6 is 0 Å². The molecule has 2 aromatic heterocycles. The average Bonchev–Trinajstić information content (AvgIpc) is 2.56. The van der Waals surface area contributed by atoms with E-state index in [0.29, 0.717) is 23.1 Å². The normalized spacial score (nSPS) is 10.7. The van der Waals surface area contributed by atoms with E-state index in [1.54, 1.807) is 31.5 Å². The van der Waals surface area contributed by atoms with Crippen LogP contribution in [0.15, 0.2) is 48.8 Å². The predicted octanol–water partition coefficient (Wildman–Crippen LogP) is 2.37. The highest BCUT2D eigenvalue weighted by Gasteiger charge is 2.06. The molecule has 0 fully saturated rings. The molecule has 1 N–H and O–H groups in total. The summed E-state index contributed by atoms with van der Waals surface area (Å²) < 4.78 is 34.4. The molecule has 3 aromatic rings. The first kappa shape index (κ1) is 15.0. The standard InChI is InChI=1S/C15H13N3O4S/c1-21-11-3-4-12-13(8-11)16-7-6-14(12)22-15-5-2-10(9-17-15)18-23(19)20/h2-9,23H,1H3,(H,18,19,20). The third-order valence-corrected chi connectivity index (χ3v) is 3.52. The summed E-state index contributed by atoms with van der Waals surface area (Å²) in [6.07, 6.45) is 3.02. The van der Waals surface area contributed by atoms with Crippen molar-refractivity contribution in [3.8, 4) is 17.4 Å². The summed E-state index contributed by atoms with van der Waals surface area (Å²) >= 11 is 0. The van der Waals surface area contributed by atoms with Gasteiger partial charge in [0, 0.05) is 23.7 Å². The Morgan fingerprint density at radius 3 is 2.65 bits per heavy atom. The van der Waals surface area contributed by atoms with E-state index < -0.39 is 10.9 Å². The van der Waals surface area contributed by atoms with Gasteiger partial charge in [0.15, 0.2) is 0 Å². The van der Waals surface area contributed by atoms with Gasteiger partial charge in [-0.05, 0) is 24.3 Å². The Morgan fingerprint density at radius 2 is 1.96 bits per heavy atom. The minimum absolute atomic E-state index is 0.347. The molecule has 0 atom stereocenters. The fraction of sp³-hybridized carbons (Fsp3) is 0.0667. The van der Waals surface area contributed by atoms with Gasteiger partial charge in [-0.2, -0.15) is 0 Å². The number of hydrogen-bond donors (Lipinski definition) is 2. The van der Waals surface area contributed by atoms with E-state index in [4.69, 9.17) is 9.47 Å². The second-order valence-electron chi connectivity index (χ2n) is 4.55. The number of aromatic nitrogens is 2. The van der Waals surface area contributed by atoms with Crippen LogP contribution in [0.1, 0.15) is 0 Å². The maximum absolute atomic E-state index is 10.6. The van der Waals surface area contributed by atoms with Crippen LogP contribution in [0, 0.1) is 0 Å². The fourth-order valence-electron chi connectivity index (χ4n) is 2.04. The molecule has 0 aliphatic carbocycles. The summed E-state index contributed by atoms with van der Waals surface area (Å²) in [6.45, 7) is 0. The molecule has 0 saturated heterocycles. The monoisotopic (exact) mass is 331 g/mol. The Balaban J connectivity index is 1.89. The predicted molar refractivity (Wildman–Crippen MR) is 86.5 cm³/mol. The van der Waals surface area contributed by atoms with Crippen molar-refractivity contribution in [2.24, 2.45) is 0 Å². The van der Waals surface area contributed by atoms with Gasteiger partial charge in [0.1, 0.15) is 11.5 Å². The Hall–Kier alpha value is -2.87. The Bertz CT molecular complexity index is 902. The smallest absolute Gasteiger partial charge is 0.222 e. The van der Waals surface area contributed by atoms with E-state index in [0.717, 1.165) is 10.9 Å². The van der Waals surface area contributed by atoms with Gasteiger partial charge < -0.3 is 9.47 Å². The lowest BCUT2D eigenvalue weighted by Crippen LogP contribution is -1.96. The number of benzene rings is 1. The minimum atomic E-state index is -2.71. The molecule has 1 aromatic carbocycles. The molecule has 23 heavy (non-hydrogen) atoms. The van der Waals surface area contributed by atoms with Gasteiger partial charge in [0.25, 0.3) is 0 Å². The molecule has 0 spiro atoms. The lowest BCUT2D eigenvalue weighted by atomic mass is 10.2. The van der Waals surface area contributed by atoms with Crippen LogP contribution in [0.2, 0.25) is 0 Å². The molecule has 0 bridgehead atoms. The van der Waals surface area contributed by atoms with Crippen molar-refractivity contribution in [3.05, 3.63) is 48.8 Å². The molecule has 3 rings (SSSR count). The number of nitrogens with zero attached hydrogens (tertiary/aromatic N) is 2. The first-order valence-electron chi connectivity index (χ1n) is 6.63. The molecular weight excluding hydrogens is 318 g/mol. The van der Waals surface area contributed by atoms with Crippen molar-refractivity contribution >= 4 is 27.5 Å². The van der Waals surface area contributed by atoms with Crippen molar-refractivity contribution in [1.29, 1.82) is 0 Å². The number of hydrogen-bond acceptors (Lipinski definition) is 6. The van der Waals surface area contributed by atoms with Crippen LogP contribution in [0.3, 0.4) is 0 Å². The number of rotatable bonds is 5. The molecular formula is C15H13N3O4S. The zero-order valence-electron chi connectivity index (χ0n) is 12.1. The number of anilines is 1. The number of fused-ring (bicyclic) bond motifs is 1. The van der Waals surface area contributed by atoms with E-state index in [2.05, 4.69) is 14.7 Å². The first-order valence-corrected chi connectivity index (χ1v) is 7.81. The van der Waals surface area contributed by atoms with Crippen molar-refractivity contribution in [2.75, 3.05) is 11.8 Å². The molecule has 0 radical (unpaired) electrons. The van der Waals surface area contributed by atoms with E-state index in [1.807, 2.05) is 18.2 Å². The van der Waals surface area contributed by atoms with Crippen molar-refractivity contribution in [3.63, 3.8) is 0 Å². The maximum atomic E-state index is 10.6. The number of thiol groups is 1. The van der Waals surface area contributed by atoms with Gasteiger partial charge in [0.05, 0.1) is 24.5 Å². The average molecular weight is 331 g/mol. The largest absolute Gasteiger partial charge is 0.497 e. The van der Waals surface area contributed by atoms with E-state index in [-0.39, 0.29) is 0 Å². The number of ether oxygens (including phenoxy) is 2. The van der Waals surface area contributed by atoms with Crippen LogP contribution in [0.25, 0.3) is 10.9 Å². The summed E-state index contributed by atoms with van der Waals surface area (Å²) in [5, 5.41) is 0.819. The topological polar surface area (TPSA) is 90.4 Å². The van der Waals surface area contributed by atoms with E-state index in [1.165, 1.54) is 6.20 Å². The lowest BCUT2D eigenvalue weighted by Gasteiger charge is -2.09. The zero-order chi connectivity index (χ0) is 16.2. The molecule has 118 valence electrons. The van der Waals surface area contributed by atoms with Crippen molar-refractivity contribution in [1.82, 2.24) is 9.97 Å². The third kappa shape index (κ3) is 3.49. The highest BCUT2D eigenvalue weighted by atomic mass is 32.2. The van der Waals surface area contributed by atoms with E-state index in [9.17, 15) is 8.42 Å². The summed E-state index contributed by atoms with van der Waals surface area (Å²) in [5.41, 5.74) is 1.11. The Labute approximate surface area is 134 Å². The molecule has 0 saturated carbocycles. The first-order chi connectivity index (χ1) is 11.2. The summed E-state index contributed by atoms with van der Waals surface area (Å²) in [4.78, 5) is 8.35. The molecule has 0 aliphatic rings. The maximum Gasteiger partial charge on any atom is 0.222 e. The van der Waals surface area contributed by atoms with Gasteiger partial charge in [-0.1, -0.05) is 0 Å². The van der Waals surface area contributed by atoms with Crippen molar-refractivity contribution in [2.45, 2.75) is 0 Å². The molecule has 7 nitrogen and oxygen atoms in total. The Kier molecular flexibility index (Phi) is 4.24. The molecule has 0 amide bonds. The second-order valence-corrected chi connectivity index (χ2v) is 5.29. The van der Waals surface area contributed by atoms with Gasteiger partial charge in [-0.3, -0.25) is 9.71 Å². The molecule has 0 unspecified atom stereocenters. The SMILES string of the molecule is COc1ccc2c(Oc3ccc(N[SH](=O)=O)cn3)ccnc2c1. The quantitative estimate of drug-likeness (QED) is 0.698. The molecule has 8 heteroatoms. The highest BCUT2D eigenvalue weighted by Crippen LogP contribution is 2.30. The fourth-order valence-corrected chi connectivity index (χ4v) is 2.39. The van der Waals surface area contributed by atoms with Crippen LogP contribution in [0.4, 0.5) is 5.69 Å². The van der Waals surface area contributed by atoms with Gasteiger partial charge in [0.2, 0.25) is 16.8 Å². The third-order valence-electron chi connectivity index (χ3n) is 3.08. The minimum Gasteiger partial charge on any atom is -0.497 e. The zero-order valence-corrected chi connectivity index (χ0v) is 13.0. The lowest BCUT2D eigenvalue weighted by molar-refractivity contribution is 0.415. The van der Waals surface area contributed by atoms with Crippen LogP contribution < -0.4 is 14.2 Å². The summed E-state index contributed by atoms with van der Waals surface area (Å²) in [5.74, 6) is 1.66. The molecule has 2 heterocycles. The van der Waals surface area contributed by atoms with Gasteiger partial charge >= 0.3 is 0 Å². The highest BCUT2D eigenvalue weighted by molar-refractivity contribution is 7.73. The van der Waals surface area contributed by atoms with Crippen LogP contribution in [0.5, 0.6) is 17.4 Å². The molecule has 0 aliphatic heterocycles.